The van der Waals surface area contributed by atoms with Crippen LogP contribution in [0.4, 0.5) is 0 Å². The van der Waals surface area contributed by atoms with Gasteiger partial charge in [-0.2, -0.15) is 0 Å². The fourth-order valence-electron chi connectivity index (χ4n) is 1.47. The lowest BCUT2D eigenvalue weighted by atomic mass is 10.2. The fraction of sp³-hybridized carbons (Fsp3) is 0.0625. The zero-order chi connectivity index (χ0) is 14.3. The Morgan fingerprint density at radius 3 is 2.58 bits per heavy atom. The van der Waals surface area contributed by atoms with Gasteiger partial charge in [0.05, 0.1) is 10.6 Å². The SMILES string of the molecule is C=CC=N/C=C1/SC(/C(C)=C/C=C)=C(C=C)NC1=C. The average Bonchev–Trinajstić information content (AvgIpc) is 2.40. The highest BCUT2D eigenvalue weighted by Gasteiger charge is 2.18. The molecule has 3 heteroatoms. The molecule has 0 aromatic heterocycles. The summed E-state index contributed by atoms with van der Waals surface area (Å²) in [6, 6.07) is 0. The summed E-state index contributed by atoms with van der Waals surface area (Å²) in [7, 11) is 0. The summed E-state index contributed by atoms with van der Waals surface area (Å²) in [6.07, 6.45) is 10.6. The maximum absolute atomic E-state index is 4.14. The molecule has 0 unspecified atom stereocenters. The molecule has 0 bridgehead atoms. The largest absolute Gasteiger partial charge is 0.354 e. The minimum atomic E-state index is 0.816. The minimum Gasteiger partial charge on any atom is -0.354 e. The Morgan fingerprint density at radius 1 is 1.26 bits per heavy atom. The predicted molar refractivity (Wildman–Crippen MR) is 87.8 cm³/mol. The molecule has 1 heterocycles. The van der Waals surface area contributed by atoms with Gasteiger partial charge in [-0.1, -0.05) is 56.3 Å². The number of aliphatic imine (C=N–C) groups is 1. The monoisotopic (exact) mass is 270 g/mol. The van der Waals surface area contributed by atoms with Gasteiger partial charge in [0.15, 0.2) is 0 Å². The van der Waals surface area contributed by atoms with E-state index in [0.717, 1.165) is 26.8 Å². The van der Waals surface area contributed by atoms with E-state index in [0.29, 0.717) is 0 Å². The third kappa shape index (κ3) is 4.00. The molecular weight excluding hydrogens is 252 g/mol. The number of rotatable bonds is 5. The van der Waals surface area contributed by atoms with Crippen LogP contribution in [-0.4, -0.2) is 6.21 Å². The maximum atomic E-state index is 4.14. The molecule has 0 aliphatic carbocycles. The van der Waals surface area contributed by atoms with Gasteiger partial charge >= 0.3 is 0 Å². The number of hydrogen-bond acceptors (Lipinski definition) is 3. The number of thioether (sulfide) groups is 1. The normalized spacial score (nSPS) is 18.7. The molecule has 1 rings (SSSR count). The summed E-state index contributed by atoms with van der Waals surface area (Å²) in [5.41, 5.74) is 2.89. The van der Waals surface area contributed by atoms with Crippen LogP contribution in [0.5, 0.6) is 0 Å². The van der Waals surface area contributed by atoms with Crippen molar-refractivity contribution in [3.8, 4) is 0 Å². The molecule has 0 radical (unpaired) electrons. The van der Waals surface area contributed by atoms with Crippen molar-refractivity contribution in [3.05, 3.63) is 83.6 Å². The molecule has 0 saturated heterocycles. The van der Waals surface area contributed by atoms with E-state index in [2.05, 4.69) is 36.6 Å². The molecule has 19 heavy (non-hydrogen) atoms. The van der Waals surface area contributed by atoms with E-state index in [1.807, 2.05) is 13.0 Å². The Balaban J connectivity index is 3.16. The first-order chi connectivity index (χ1) is 9.13. The molecule has 0 amide bonds. The van der Waals surface area contributed by atoms with Gasteiger partial charge in [0.25, 0.3) is 0 Å². The molecule has 2 nitrogen and oxygen atoms in total. The van der Waals surface area contributed by atoms with E-state index >= 15 is 0 Å². The highest BCUT2D eigenvalue weighted by molar-refractivity contribution is 8.07. The molecule has 0 atom stereocenters. The third-order valence-corrected chi connectivity index (χ3v) is 3.67. The van der Waals surface area contributed by atoms with E-state index in [1.54, 1.807) is 42.4 Å². The van der Waals surface area contributed by atoms with Crippen LogP contribution >= 0.6 is 11.8 Å². The minimum absolute atomic E-state index is 0.816. The van der Waals surface area contributed by atoms with Crippen molar-refractivity contribution >= 4 is 18.0 Å². The van der Waals surface area contributed by atoms with Crippen molar-refractivity contribution in [3.63, 3.8) is 0 Å². The van der Waals surface area contributed by atoms with E-state index in [4.69, 9.17) is 0 Å². The second kappa shape index (κ2) is 7.44. The van der Waals surface area contributed by atoms with E-state index in [1.165, 1.54) is 0 Å². The molecule has 0 saturated carbocycles. The van der Waals surface area contributed by atoms with Crippen LogP contribution in [0.25, 0.3) is 0 Å². The molecule has 0 spiro atoms. The predicted octanol–water partition coefficient (Wildman–Crippen LogP) is 4.46. The van der Waals surface area contributed by atoms with Gasteiger partial charge < -0.3 is 5.32 Å². The third-order valence-electron chi connectivity index (χ3n) is 2.35. The number of hydrogen-bond donors (Lipinski definition) is 1. The molecule has 1 aliphatic heterocycles. The van der Waals surface area contributed by atoms with Gasteiger partial charge in [-0.3, -0.25) is 4.99 Å². The van der Waals surface area contributed by atoms with E-state index < -0.39 is 0 Å². The van der Waals surface area contributed by atoms with Gasteiger partial charge in [-0.25, -0.2) is 0 Å². The standard InChI is InChI=1S/C16H18N2S/c1-6-9-12(4)16-14(8-3)18-13(5)15(19-16)11-17-10-7-2/h6-11,18H,1-3,5H2,4H3/b12-9+,15-11+,17-10?. The summed E-state index contributed by atoms with van der Waals surface area (Å²) < 4.78 is 0. The Bertz CT molecular complexity index is 531. The highest BCUT2D eigenvalue weighted by Crippen LogP contribution is 2.39. The maximum Gasteiger partial charge on any atom is 0.0535 e. The fourth-order valence-corrected chi connectivity index (χ4v) is 2.45. The lowest BCUT2D eigenvalue weighted by molar-refractivity contribution is 1.03. The van der Waals surface area contributed by atoms with Gasteiger partial charge in [0, 0.05) is 23.0 Å². The summed E-state index contributed by atoms with van der Waals surface area (Å²) in [4.78, 5) is 6.21. The average molecular weight is 270 g/mol. The Labute approximate surface area is 119 Å². The zero-order valence-electron chi connectivity index (χ0n) is 11.1. The number of nitrogens with zero attached hydrogens (tertiary/aromatic N) is 1. The molecular formula is C16H18N2S. The second-order valence-electron chi connectivity index (χ2n) is 3.77. The first-order valence-corrected chi connectivity index (χ1v) is 6.60. The topological polar surface area (TPSA) is 24.4 Å². The van der Waals surface area contributed by atoms with Gasteiger partial charge in [0.1, 0.15) is 0 Å². The summed E-state index contributed by atoms with van der Waals surface area (Å²) in [5.74, 6) is 0. The Morgan fingerprint density at radius 2 is 2.00 bits per heavy atom. The van der Waals surface area contributed by atoms with Crippen molar-refractivity contribution in [2.75, 3.05) is 0 Å². The smallest absolute Gasteiger partial charge is 0.0535 e. The van der Waals surface area contributed by atoms with Crippen molar-refractivity contribution in [2.45, 2.75) is 6.92 Å². The van der Waals surface area contributed by atoms with E-state index in [9.17, 15) is 0 Å². The Kier molecular flexibility index (Phi) is 5.90. The number of nitrogens with one attached hydrogen (secondary N) is 1. The lowest BCUT2D eigenvalue weighted by Gasteiger charge is -2.23. The quantitative estimate of drug-likeness (QED) is 0.589. The van der Waals surface area contributed by atoms with Gasteiger partial charge in [-0.15, -0.1) is 0 Å². The van der Waals surface area contributed by atoms with Crippen LogP contribution in [0, 0.1) is 0 Å². The summed E-state index contributed by atoms with van der Waals surface area (Å²) >= 11 is 1.61. The van der Waals surface area contributed by atoms with E-state index in [-0.39, 0.29) is 0 Å². The van der Waals surface area contributed by atoms with Crippen LogP contribution < -0.4 is 5.32 Å². The summed E-state index contributed by atoms with van der Waals surface area (Å²) in [5, 5.41) is 3.24. The van der Waals surface area contributed by atoms with Crippen LogP contribution in [0.2, 0.25) is 0 Å². The van der Waals surface area contributed by atoms with Gasteiger partial charge in [-0.05, 0) is 18.6 Å². The molecule has 0 fully saturated rings. The van der Waals surface area contributed by atoms with Crippen LogP contribution in [0.15, 0.2) is 88.6 Å². The van der Waals surface area contributed by atoms with Crippen molar-refractivity contribution < 1.29 is 0 Å². The molecule has 0 aromatic carbocycles. The van der Waals surface area contributed by atoms with Gasteiger partial charge in [0.2, 0.25) is 0 Å². The summed E-state index contributed by atoms with van der Waals surface area (Å²) in [6.45, 7) is 17.2. The number of allylic oxidation sites excluding steroid dienone is 5. The van der Waals surface area contributed by atoms with Crippen molar-refractivity contribution in [1.82, 2.24) is 5.32 Å². The van der Waals surface area contributed by atoms with Crippen molar-refractivity contribution in [2.24, 2.45) is 4.99 Å². The van der Waals surface area contributed by atoms with Crippen LogP contribution in [0.1, 0.15) is 6.92 Å². The van der Waals surface area contributed by atoms with Crippen LogP contribution in [-0.2, 0) is 0 Å². The first-order valence-electron chi connectivity index (χ1n) is 5.79. The first kappa shape index (κ1) is 15.1. The highest BCUT2D eigenvalue weighted by atomic mass is 32.2. The van der Waals surface area contributed by atoms with Crippen LogP contribution in [0.3, 0.4) is 0 Å². The molecule has 1 N–H and O–H groups in total. The second-order valence-corrected chi connectivity index (χ2v) is 4.82. The zero-order valence-corrected chi connectivity index (χ0v) is 12.0. The molecule has 1 aliphatic rings. The molecule has 98 valence electrons. The Hall–Kier alpha value is -2.00. The van der Waals surface area contributed by atoms with Crippen molar-refractivity contribution in [1.29, 1.82) is 0 Å². The lowest BCUT2D eigenvalue weighted by Crippen LogP contribution is -2.17. The molecule has 0 aromatic rings.